The van der Waals surface area contributed by atoms with Crippen molar-refractivity contribution in [2.75, 3.05) is 18.4 Å². The number of nitro groups is 1. The minimum absolute atomic E-state index is 0.141. The Morgan fingerprint density at radius 3 is 3.06 bits per heavy atom. The van der Waals surface area contributed by atoms with Crippen LogP contribution < -0.4 is 10.6 Å². The number of hydrogen-bond acceptors (Lipinski definition) is 4. The first-order valence-electron chi connectivity index (χ1n) is 6.39. The van der Waals surface area contributed by atoms with Gasteiger partial charge in [0.1, 0.15) is 0 Å². The van der Waals surface area contributed by atoms with Crippen LogP contribution in [0.5, 0.6) is 0 Å². The van der Waals surface area contributed by atoms with Crippen molar-refractivity contribution in [1.29, 1.82) is 0 Å². The number of nitrogens with one attached hydrogen (secondary N) is 2. The maximum absolute atomic E-state index is 10.7. The molecule has 1 aromatic rings. The molecule has 18 heavy (non-hydrogen) atoms. The molecule has 1 aromatic carbocycles. The van der Waals surface area contributed by atoms with E-state index in [-0.39, 0.29) is 10.6 Å². The molecule has 0 radical (unpaired) electrons. The Hall–Kier alpha value is -1.62. The largest absolute Gasteiger partial charge is 0.385 e. The smallest absolute Gasteiger partial charge is 0.271 e. The lowest BCUT2D eigenvalue weighted by molar-refractivity contribution is -0.384. The fraction of sp³-hybridized carbons (Fsp3) is 0.538. The van der Waals surface area contributed by atoms with Crippen molar-refractivity contribution in [2.45, 2.75) is 32.2 Å². The average Bonchev–Trinajstić information content (AvgIpc) is 2.84. The minimum Gasteiger partial charge on any atom is -0.385 e. The molecule has 5 heteroatoms. The normalized spacial score (nSPS) is 18.8. The van der Waals surface area contributed by atoms with Gasteiger partial charge in [-0.2, -0.15) is 0 Å². The van der Waals surface area contributed by atoms with Crippen molar-refractivity contribution in [1.82, 2.24) is 5.32 Å². The van der Waals surface area contributed by atoms with Crippen LogP contribution in [0.15, 0.2) is 18.2 Å². The lowest BCUT2D eigenvalue weighted by Gasteiger charge is -2.13. The number of aryl methyl sites for hydroxylation is 1. The van der Waals surface area contributed by atoms with Crippen LogP contribution >= 0.6 is 0 Å². The van der Waals surface area contributed by atoms with Gasteiger partial charge < -0.3 is 10.6 Å². The Morgan fingerprint density at radius 2 is 2.39 bits per heavy atom. The highest BCUT2D eigenvalue weighted by Crippen LogP contribution is 2.22. The summed E-state index contributed by atoms with van der Waals surface area (Å²) in [4.78, 5) is 10.4. The molecule has 1 saturated heterocycles. The van der Waals surface area contributed by atoms with Gasteiger partial charge in [-0.3, -0.25) is 10.1 Å². The predicted octanol–water partition coefficient (Wildman–Crippen LogP) is 2.46. The summed E-state index contributed by atoms with van der Waals surface area (Å²) in [5.74, 6) is 0. The number of nitro benzene ring substituents is 1. The van der Waals surface area contributed by atoms with E-state index in [0.717, 1.165) is 30.8 Å². The second kappa shape index (κ2) is 5.82. The van der Waals surface area contributed by atoms with Crippen molar-refractivity contribution in [3.63, 3.8) is 0 Å². The third-order valence-electron chi connectivity index (χ3n) is 3.40. The first-order valence-corrected chi connectivity index (χ1v) is 6.39. The first-order chi connectivity index (χ1) is 8.66. The van der Waals surface area contributed by atoms with E-state index in [1.807, 2.05) is 6.92 Å². The molecular formula is C13H19N3O2. The van der Waals surface area contributed by atoms with E-state index in [2.05, 4.69) is 10.6 Å². The maximum atomic E-state index is 10.7. The Labute approximate surface area is 107 Å². The van der Waals surface area contributed by atoms with Gasteiger partial charge in [0.2, 0.25) is 0 Å². The van der Waals surface area contributed by atoms with Crippen molar-refractivity contribution < 1.29 is 4.92 Å². The van der Waals surface area contributed by atoms with Crippen molar-refractivity contribution in [2.24, 2.45) is 0 Å². The Kier molecular flexibility index (Phi) is 4.15. The van der Waals surface area contributed by atoms with Crippen LogP contribution in [0.3, 0.4) is 0 Å². The van der Waals surface area contributed by atoms with E-state index in [9.17, 15) is 10.1 Å². The van der Waals surface area contributed by atoms with Crippen LogP contribution in [0.1, 0.15) is 24.8 Å². The highest BCUT2D eigenvalue weighted by Gasteiger charge is 2.13. The summed E-state index contributed by atoms with van der Waals surface area (Å²) in [6.07, 6.45) is 3.54. The molecule has 1 atom stereocenters. The highest BCUT2D eigenvalue weighted by molar-refractivity contribution is 5.56. The standard InChI is InChI=1S/C13H19N3O2/c1-10-4-5-12(16(17)18)9-13(10)15-8-6-11-3-2-7-14-11/h4-5,9,11,14-15H,2-3,6-8H2,1H3/t11-/m0/s1. The van der Waals surface area contributed by atoms with Crippen LogP contribution in [-0.4, -0.2) is 24.1 Å². The molecule has 1 aliphatic rings. The summed E-state index contributed by atoms with van der Waals surface area (Å²) in [7, 11) is 0. The summed E-state index contributed by atoms with van der Waals surface area (Å²) < 4.78 is 0. The van der Waals surface area contributed by atoms with Crippen molar-refractivity contribution >= 4 is 11.4 Å². The molecule has 0 amide bonds. The van der Waals surface area contributed by atoms with Gasteiger partial charge >= 0.3 is 0 Å². The third-order valence-corrected chi connectivity index (χ3v) is 3.40. The number of nitrogens with zero attached hydrogens (tertiary/aromatic N) is 1. The molecule has 1 fully saturated rings. The topological polar surface area (TPSA) is 67.2 Å². The number of hydrogen-bond donors (Lipinski definition) is 2. The van der Waals surface area contributed by atoms with Gasteiger partial charge in [-0.25, -0.2) is 0 Å². The zero-order chi connectivity index (χ0) is 13.0. The summed E-state index contributed by atoms with van der Waals surface area (Å²) in [5.41, 5.74) is 2.05. The number of rotatable bonds is 5. The second-order valence-corrected chi connectivity index (χ2v) is 4.77. The minimum atomic E-state index is -0.358. The first kappa shape index (κ1) is 12.8. The molecule has 0 aromatic heterocycles. The summed E-state index contributed by atoms with van der Waals surface area (Å²) in [5, 5.41) is 17.4. The molecular weight excluding hydrogens is 230 g/mol. The molecule has 1 heterocycles. The van der Waals surface area contributed by atoms with Crippen LogP contribution in [0.25, 0.3) is 0 Å². The number of benzene rings is 1. The zero-order valence-corrected chi connectivity index (χ0v) is 10.6. The van der Waals surface area contributed by atoms with Gasteiger partial charge in [-0.1, -0.05) is 6.07 Å². The van der Waals surface area contributed by atoms with Gasteiger partial charge in [0.25, 0.3) is 5.69 Å². The van der Waals surface area contributed by atoms with E-state index < -0.39 is 0 Å². The molecule has 1 aliphatic heterocycles. The maximum Gasteiger partial charge on any atom is 0.271 e. The average molecular weight is 249 g/mol. The molecule has 2 rings (SSSR count). The summed E-state index contributed by atoms with van der Waals surface area (Å²) in [6.45, 7) is 3.92. The van der Waals surface area contributed by atoms with Gasteiger partial charge in [-0.05, 0) is 38.3 Å². The van der Waals surface area contributed by atoms with Crippen LogP contribution in [-0.2, 0) is 0 Å². The lowest BCUT2D eigenvalue weighted by atomic mass is 10.1. The molecule has 0 bridgehead atoms. The van der Waals surface area contributed by atoms with Gasteiger partial charge in [0, 0.05) is 30.4 Å². The van der Waals surface area contributed by atoms with Crippen LogP contribution in [0.4, 0.5) is 11.4 Å². The van der Waals surface area contributed by atoms with E-state index in [1.54, 1.807) is 18.2 Å². The predicted molar refractivity (Wildman–Crippen MR) is 72.0 cm³/mol. The van der Waals surface area contributed by atoms with Crippen molar-refractivity contribution in [3.05, 3.63) is 33.9 Å². The fourth-order valence-electron chi connectivity index (χ4n) is 2.30. The molecule has 0 aliphatic carbocycles. The van der Waals surface area contributed by atoms with Gasteiger partial charge in [0.15, 0.2) is 0 Å². The van der Waals surface area contributed by atoms with Crippen LogP contribution in [0, 0.1) is 17.0 Å². The summed E-state index contributed by atoms with van der Waals surface area (Å²) in [6, 6.07) is 5.53. The number of anilines is 1. The zero-order valence-electron chi connectivity index (χ0n) is 10.6. The quantitative estimate of drug-likeness (QED) is 0.621. The van der Waals surface area contributed by atoms with E-state index in [0.29, 0.717) is 6.04 Å². The summed E-state index contributed by atoms with van der Waals surface area (Å²) >= 11 is 0. The number of non-ortho nitro benzene ring substituents is 1. The molecule has 0 saturated carbocycles. The van der Waals surface area contributed by atoms with E-state index in [4.69, 9.17) is 0 Å². The molecule has 0 spiro atoms. The lowest BCUT2D eigenvalue weighted by Crippen LogP contribution is -2.24. The highest BCUT2D eigenvalue weighted by atomic mass is 16.6. The van der Waals surface area contributed by atoms with E-state index >= 15 is 0 Å². The Morgan fingerprint density at radius 1 is 1.56 bits per heavy atom. The molecule has 98 valence electrons. The second-order valence-electron chi connectivity index (χ2n) is 4.77. The fourth-order valence-corrected chi connectivity index (χ4v) is 2.30. The van der Waals surface area contributed by atoms with Gasteiger partial charge in [-0.15, -0.1) is 0 Å². The molecule has 2 N–H and O–H groups in total. The SMILES string of the molecule is Cc1ccc([N+](=O)[O-])cc1NCC[C@@H]1CCCN1. The Bertz CT molecular complexity index is 428. The third kappa shape index (κ3) is 3.20. The van der Waals surface area contributed by atoms with Gasteiger partial charge in [0.05, 0.1) is 4.92 Å². The van der Waals surface area contributed by atoms with Crippen LogP contribution in [0.2, 0.25) is 0 Å². The Balaban J connectivity index is 1.91. The molecule has 0 unspecified atom stereocenters. The van der Waals surface area contributed by atoms with Crippen molar-refractivity contribution in [3.8, 4) is 0 Å². The monoisotopic (exact) mass is 249 g/mol. The molecule has 5 nitrogen and oxygen atoms in total. The van der Waals surface area contributed by atoms with E-state index in [1.165, 1.54) is 12.8 Å².